The number of aromatic amines is 1. The van der Waals surface area contributed by atoms with Gasteiger partial charge in [-0.3, -0.25) is 4.79 Å². The number of carbonyl (C=O) groups is 1. The van der Waals surface area contributed by atoms with Gasteiger partial charge in [-0.25, -0.2) is 14.2 Å². The molecule has 0 fully saturated rings. The standard InChI is InChI=1S/C10H7FN2O5S/c1-19(16,17)18-10(15)7-4-13-9-6(8(7)14)2-5(11)3-12-9/h2-4H,1H3,(H,12,13,14). The zero-order valence-corrected chi connectivity index (χ0v) is 10.3. The van der Waals surface area contributed by atoms with Crippen LogP contribution < -0.4 is 5.43 Å². The Morgan fingerprint density at radius 1 is 1.47 bits per heavy atom. The number of carbonyl (C=O) groups excluding carboxylic acids is 1. The van der Waals surface area contributed by atoms with Crippen LogP contribution in [0.25, 0.3) is 11.0 Å². The number of H-pyrrole nitrogens is 1. The van der Waals surface area contributed by atoms with Gasteiger partial charge in [-0.15, -0.1) is 0 Å². The molecule has 7 nitrogen and oxygen atoms in total. The highest BCUT2D eigenvalue weighted by molar-refractivity contribution is 7.86. The van der Waals surface area contributed by atoms with Crippen molar-refractivity contribution in [2.45, 2.75) is 0 Å². The molecule has 0 atom stereocenters. The molecule has 2 aromatic rings. The third-order valence-electron chi connectivity index (χ3n) is 2.14. The van der Waals surface area contributed by atoms with E-state index in [0.29, 0.717) is 6.26 Å². The lowest BCUT2D eigenvalue weighted by atomic mass is 10.2. The Balaban J connectivity index is 2.60. The molecule has 0 unspecified atom stereocenters. The quantitative estimate of drug-likeness (QED) is 0.789. The largest absolute Gasteiger partial charge is 0.359 e. The van der Waals surface area contributed by atoms with Crippen molar-refractivity contribution < 1.29 is 21.8 Å². The van der Waals surface area contributed by atoms with Crippen molar-refractivity contribution in [3.8, 4) is 0 Å². The van der Waals surface area contributed by atoms with Crippen LogP contribution in [0.4, 0.5) is 4.39 Å². The number of aromatic nitrogens is 2. The summed E-state index contributed by atoms with van der Waals surface area (Å²) in [4.78, 5) is 29.5. The molecule has 0 bridgehead atoms. The lowest BCUT2D eigenvalue weighted by Crippen LogP contribution is -2.20. The molecule has 0 radical (unpaired) electrons. The Morgan fingerprint density at radius 2 is 2.16 bits per heavy atom. The summed E-state index contributed by atoms with van der Waals surface area (Å²) in [6.07, 6.45) is 2.53. The summed E-state index contributed by atoms with van der Waals surface area (Å²) in [6.45, 7) is 0. The summed E-state index contributed by atoms with van der Waals surface area (Å²) in [5, 5.41) is -0.178. The predicted octanol–water partition coefficient (Wildman–Crippen LogP) is 0.179. The minimum absolute atomic E-state index is 0.0716. The fourth-order valence-electron chi connectivity index (χ4n) is 1.41. The maximum atomic E-state index is 13.0. The molecule has 0 amide bonds. The number of halogens is 1. The van der Waals surface area contributed by atoms with Crippen molar-refractivity contribution in [3.05, 3.63) is 40.1 Å². The lowest BCUT2D eigenvalue weighted by Gasteiger charge is -2.02. The number of hydrogen-bond donors (Lipinski definition) is 1. The van der Waals surface area contributed by atoms with E-state index < -0.39 is 32.9 Å². The third-order valence-corrected chi connectivity index (χ3v) is 2.60. The molecule has 0 aliphatic carbocycles. The minimum Gasteiger partial charge on any atom is -0.345 e. The molecule has 2 heterocycles. The summed E-state index contributed by atoms with van der Waals surface area (Å²) in [6, 6.07) is 0.887. The van der Waals surface area contributed by atoms with Crippen molar-refractivity contribution >= 4 is 27.1 Å². The molecule has 19 heavy (non-hydrogen) atoms. The zero-order valence-electron chi connectivity index (χ0n) is 9.51. The summed E-state index contributed by atoms with van der Waals surface area (Å²) in [7, 11) is -4.04. The number of nitrogens with one attached hydrogen (secondary N) is 1. The second-order valence-corrected chi connectivity index (χ2v) is 5.23. The van der Waals surface area contributed by atoms with E-state index in [1.165, 1.54) is 0 Å². The molecule has 0 aromatic carbocycles. The summed E-state index contributed by atoms with van der Waals surface area (Å²) in [5.41, 5.74) is -1.35. The monoisotopic (exact) mass is 286 g/mol. The summed E-state index contributed by atoms with van der Waals surface area (Å²) >= 11 is 0. The molecule has 2 aromatic heterocycles. The van der Waals surface area contributed by atoms with Crippen LogP contribution >= 0.6 is 0 Å². The van der Waals surface area contributed by atoms with E-state index in [4.69, 9.17) is 0 Å². The molecule has 0 saturated carbocycles. The average molecular weight is 286 g/mol. The Morgan fingerprint density at radius 3 is 2.79 bits per heavy atom. The van der Waals surface area contributed by atoms with Crippen molar-refractivity contribution in [2.24, 2.45) is 0 Å². The van der Waals surface area contributed by atoms with E-state index in [1.807, 2.05) is 0 Å². The van der Waals surface area contributed by atoms with Crippen molar-refractivity contribution in [3.63, 3.8) is 0 Å². The number of nitrogens with zero attached hydrogens (tertiary/aromatic N) is 1. The van der Waals surface area contributed by atoms with E-state index in [9.17, 15) is 22.4 Å². The van der Waals surface area contributed by atoms with Crippen molar-refractivity contribution in [2.75, 3.05) is 6.26 Å². The second-order valence-electron chi connectivity index (χ2n) is 3.66. The third kappa shape index (κ3) is 2.76. The molecule has 0 spiro atoms. The van der Waals surface area contributed by atoms with Gasteiger partial charge in [0.2, 0.25) is 5.43 Å². The van der Waals surface area contributed by atoms with Gasteiger partial charge in [0.25, 0.3) is 0 Å². The van der Waals surface area contributed by atoms with Crippen LogP contribution in [0, 0.1) is 5.82 Å². The Bertz CT molecular complexity index is 827. The highest BCUT2D eigenvalue weighted by Crippen LogP contribution is 2.08. The Hall–Kier alpha value is -2.29. The van der Waals surface area contributed by atoms with Crippen LogP contribution in [-0.4, -0.2) is 30.6 Å². The normalized spacial score (nSPS) is 11.5. The predicted molar refractivity (Wildman–Crippen MR) is 62.6 cm³/mol. The molecule has 0 aliphatic heterocycles. The minimum atomic E-state index is -4.04. The van der Waals surface area contributed by atoms with Gasteiger partial charge >= 0.3 is 16.1 Å². The van der Waals surface area contributed by atoms with E-state index in [0.717, 1.165) is 18.5 Å². The van der Waals surface area contributed by atoms with Crippen LogP contribution in [0.2, 0.25) is 0 Å². The van der Waals surface area contributed by atoms with E-state index in [1.54, 1.807) is 0 Å². The molecule has 0 aliphatic rings. The van der Waals surface area contributed by atoms with Gasteiger partial charge in [0.15, 0.2) is 0 Å². The number of fused-ring (bicyclic) bond motifs is 1. The van der Waals surface area contributed by atoms with Gasteiger partial charge in [-0.05, 0) is 6.07 Å². The molecular weight excluding hydrogens is 279 g/mol. The van der Waals surface area contributed by atoms with Gasteiger partial charge in [-0.1, -0.05) is 0 Å². The summed E-state index contributed by atoms with van der Waals surface area (Å²) in [5.74, 6) is -2.10. The maximum Gasteiger partial charge on any atom is 0.359 e. The van der Waals surface area contributed by atoms with Crippen LogP contribution in [0.15, 0.2) is 23.3 Å². The average Bonchev–Trinajstić information content (AvgIpc) is 2.28. The van der Waals surface area contributed by atoms with Crippen molar-refractivity contribution in [1.29, 1.82) is 0 Å². The maximum absolute atomic E-state index is 13.0. The van der Waals surface area contributed by atoms with E-state index >= 15 is 0 Å². The number of hydrogen-bond acceptors (Lipinski definition) is 6. The zero-order chi connectivity index (χ0) is 14.2. The molecule has 100 valence electrons. The smallest absolute Gasteiger partial charge is 0.345 e. The van der Waals surface area contributed by atoms with E-state index in [-0.39, 0.29) is 11.0 Å². The van der Waals surface area contributed by atoms with Crippen LogP contribution in [-0.2, 0) is 14.3 Å². The van der Waals surface area contributed by atoms with Crippen molar-refractivity contribution in [1.82, 2.24) is 9.97 Å². The second kappa shape index (κ2) is 4.43. The molecule has 0 saturated heterocycles. The lowest BCUT2D eigenvalue weighted by molar-refractivity contribution is 0.0747. The first-order valence-corrected chi connectivity index (χ1v) is 6.70. The van der Waals surface area contributed by atoms with Gasteiger partial charge in [-0.2, -0.15) is 8.42 Å². The molecule has 2 rings (SSSR count). The number of rotatable bonds is 2. The van der Waals surface area contributed by atoms with E-state index in [2.05, 4.69) is 14.2 Å². The first kappa shape index (κ1) is 13.1. The van der Waals surface area contributed by atoms with Gasteiger partial charge < -0.3 is 9.17 Å². The molecule has 9 heteroatoms. The first-order valence-electron chi connectivity index (χ1n) is 4.88. The Labute approximate surface area is 106 Å². The van der Waals surface area contributed by atoms with Crippen LogP contribution in [0.5, 0.6) is 0 Å². The Kier molecular flexibility index (Phi) is 3.06. The van der Waals surface area contributed by atoms with Gasteiger partial charge in [0.05, 0.1) is 17.8 Å². The van der Waals surface area contributed by atoms with Gasteiger partial charge in [0, 0.05) is 6.20 Å². The molecule has 1 N–H and O–H groups in total. The highest BCUT2D eigenvalue weighted by atomic mass is 32.2. The SMILES string of the molecule is CS(=O)(=O)OC(=O)c1c[nH]c2ncc(F)cc2c1=O. The molecular formula is C10H7FN2O5S. The first-order chi connectivity index (χ1) is 8.78. The van der Waals surface area contributed by atoms with Gasteiger partial charge in [0.1, 0.15) is 17.0 Å². The van der Waals surface area contributed by atoms with Crippen LogP contribution in [0.1, 0.15) is 10.4 Å². The highest BCUT2D eigenvalue weighted by Gasteiger charge is 2.19. The topological polar surface area (TPSA) is 106 Å². The van der Waals surface area contributed by atoms with Crippen LogP contribution in [0.3, 0.4) is 0 Å². The summed E-state index contributed by atoms with van der Waals surface area (Å²) < 4.78 is 38.7. The fraction of sp³-hybridized carbons (Fsp3) is 0.100. The fourth-order valence-corrected chi connectivity index (χ4v) is 1.78. The number of pyridine rings is 2.